The highest BCUT2D eigenvalue weighted by Gasteiger charge is 2.36. The van der Waals surface area contributed by atoms with Crippen molar-refractivity contribution in [3.8, 4) is 5.75 Å². The molecule has 2 aromatic carbocycles. The minimum absolute atomic E-state index is 0.0460. The molecule has 1 heterocycles. The molecule has 2 amide bonds. The van der Waals surface area contributed by atoms with E-state index in [1.165, 1.54) is 11.2 Å². The van der Waals surface area contributed by atoms with E-state index in [9.17, 15) is 14.4 Å². The summed E-state index contributed by atoms with van der Waals surface area (Å²) >= 11 is 0. The summed E-state index contributed by atoms with van der Waals surface area (Å²) in [7, 11) is 1.56. The van der Waals surface area contributed by atoms with Crippen molar-refractivity contribution in [1.82, 2.24) is 5.32 Å². The van der Waals surface area contributed by atoms with Crippen LogP contribution in [0.5, 0.6) is 5.75 Å². The Bertz CT molecular complexity index is 1180. The van der Waals surface area contributed by atoms with Gasteiger partial charge in [-0.2, -0.15) is 0 Å². The molecule has 1 aromatic heterocycles. The minimum atomic E-state index is -1.02. The molecule has 0 aliphatic heterocycles. The third-order valence-corrected chi connectivity index (χ3v) is 6.23. The van der Waals surface area contributed by atoms with Crippen molar-refractivity contribution in [2.24, 2.45) is 0 Å². The smallest absolute Gasteiger partial charge is 0.338 e. The number of nitrogens with zero attached hydrogens (tertiary/aromatic N) is 1. The molecule has 1 N–H and O–H groups in total. The highest BCUT2D eigenvalue weighted by molar-refractivity contribution is 6.09. The van der Waals surface area contributed by atoms with E-state index in [0.717, 1.165) is 25.7 Å². The van der Waals surface area contributed by atoms with E-state index in [2.05, 4.69) is 5.32 Å². The summed E-state index contributed by atoms with van der Waals surface area (Å²) in [5, 5.41) is 3.13. The van der Waals surface area contributed by atoms with Crippen molar-refractivity contribution < 1.29 is 28.3 Å². The second kappa shape index (κ2) is 11.6. The minimum Gasteiger partial charge on any atom is -0.497 e. The molecular weight excluding hydrogens is 460 g/mol. The summed E-state index contributed by atoms with van der Waals surface area (Å²) in [6, 6.07) is 15.7. The van der Waals surface area contributed by atoms with Gasteiger partial charge in [0.15, 0.2) is 5.76 Å². The van der Waals surface area contributed by atoms with Gasteiger partial charge < -0.3 is 19.2 Å². The van der Waals surface area contributed by atoms with Gasteiger partial charge in [0.2, 0.25) is 5.91 Å². The van der Waals surface area contributed by atoms with Crippen LogP contribution in [-0.2, 0) is 9.53 Å². The standard InChI is InChI=1S/C28H30N2O6/c1-3-35-28(33)20-8-6-11-22(18-20)30(27(32)24-12-7-17-36-24)25(19-13-15-23(34-2)16-14-19)26(31)29-21-9-4-5-10-21/h6-8,11-18,21,25H,3-5,9-10H2,1-2H3,(H,29,31)/t25-/m1/s1. The third kappa shape index (κ3) is 5.59. The third-order valence-electron chi connectivity index (χ3n) is 6.23. The molecule has 0 saturated heterocycles. The fraction of sp³-hybridized carbons (Fsp3) is 0.321. The van der Waals surface area contributed by atoms with Crippen molar-refractivity contribution >= 4 is 23.5 Å². The second-order valence-electron chi connectivity index (χ2n) is 8.59. The maximum absolute atomic E-state index is 13.8. The van der Waals surface area contributed by atoms with Crippen LogP contribution in [0.3, 0.4) is 0 Å². The van der Waals surface area contributed by atoms with E-state index >= 15 is 0 Å². The van der Waals surface area contributed by atoms with Gasteiger partial charge in [0.1, 0.15) is 11.8 Å². The van der Waals surface area contributed by atoms with Crippen LogP contribution in [-0.4, -0.2) is 37.5 Å². The monoisotopic (exact) mass is 490 g/mol. The molecule has 0 radical (unpaired) electrons. The lowest BCUT2D eigenvalue weighted by Gasteiger charge is -2.32. The number of ether oxygens (including phenoxy) is 2. The Morgan fingerprint density at radius 2 is 1.81 bits per heavy atom. The van der Waals surface area contributed by atoms with Crippen LogP contribution in [0.4, 0.5) is 5.69 Å². The molecule has 1 aliphatic carbocycles. The molecule has 1 atom stereocenters. The number of carbonyl (C=O) groups excluding carboxylic acids is 3. The highest BCUT2D eigenvalue weighted by atomic mass is 16.5. The number of benzene rings is 2. The van der Waals surface area contributed by atoms with Crippen LogP contribution in [0, 0.1) is 0 Å². The number of methoxy groups -OCH3 is 1. The zero-order valence-electron chi connectivity index (χ0n) is 20.4. The molecule has 1 aliphatic rings. The van der Waals surface area contributed by atoms with E-state index < -0.39 is 17.9 Å². The van der Waals surface area contributed by atoms with Crippen molar-refractivity contribution in [1.29, 1.82) is 0 Å². The molecule has 36 heavy (non-hydrogen) atoms. The molecule has 1 fully saturated rings. The Balaban J connectivity index is 1.82. The Hall–Kier alpha value is -4.07. The normalized spacial score (nSPS) is 14.2. The largest absolute Gasteiger partial charge is 0.497 e. The van der Waals surface area contributed by atoms with Gasteiger partial charge in [-0.05, 0) is 67.8 Å². The van der Waals surface area contributed by atoms with Crippen LogP contribution >= 0.6 is 0 Å². The molecule has 4 rings (SSSR count). The summed E-state index contributed by atoms with van der Waals surface area (Å²) in [5.74, 6) is -0.635. The van der Waals surface area contributed by atoms with Crippen molar-refractivity contribution in [2.45, 2.75) is 44.7 Å². The number of rotatable bonds is 9. The predicted octanol–water partition coefficient (Wildman–Crippen LogP) is 4.91. The molecule has 3 aromatic rings. The Kier molecular flexibility index (Phi) is 8.05. The molecule has 0 bridgehead atoms. The Morgan fingerprint density at radius 3 is 2.44 bits per heavy atom. The summed E-state index contributed by atoms with van der Waals surface area (Å²) in [5.41, 5.74) is 1.23. The SMILES string of the molecule is CCOC(=O)c1cccc(N(C(=O)c2ccco2)[C@@H](C(=O)NC2CCCC2)c2ccc(OC)cc2)c1. The number of esters is 1. The van der Waals surface area contributed by atoms with Gasteiger partial charge in [0.25, 0.3) is 5.91 Å². The lowest BCUT2D eigenvalue weighted by atomic mass is 10.0. The first-order valence-corrected chi connectivity index (χ1v) is 12.1. The van der Waals surface area contributed by atoms with Gasteiger partial charge in [-0.25, -0.2) is 4.79 Å². The molecular formula is C28H30N2O6. The molecule has 1 saturated carbocycles. The van der Waals surface area contributed by atoms with Gasteiger partial charge in [0, 0.05) is 11.7 Å². The van der Waals surface area contributed by atoms with E-state index in [1.807, 2.05) is 0 Å². The zero-order valence-corrected chi connectivity index (χ0v) is 20.4. The predicted molar refractivity (Wildman–Crippen MR) is 134 cm³/mol. The van der Waals surface area contributed by atoms with Crippen molar-refractivity contribution in [3.05, 3.63) is 83.8 Å². The van der Waals surface area contributed by atoms with Gasteiger partial charge >= 0.3 is 5.97 Å². The summed E-state index contributed by atoms with van der Waals surface area (Å²) < 4.78 is 15.8. The maximum atomic E-state index is 13.8. The lowest BCUT2D eigenvalue weighted by Crippen LogP contribution is -2.46. The van der Waals surface area contributed by atoms with Crippen LogP contribution in [0.15, 0.2) is 71.3 Å². The number of amides is 2. The molecule has 0 spiro atoms. The number of hydrogen-bond donors (Lipinski definition) is 1. The van der Waals surface area contributed by atoms with Crippen molar-refractivity contribution in [2.75, 3.05) is 18.6 Å². The molecule has 8 heteroatoms. The maximum Gasteiger partial charge on any atom is 0.338 e. The first-order valence-electron chi connectivity index (χ1n) is 12.1. The first-order chi connectivity index (χ1) is 17.5. The lowest BCUT2D eigenvalue weighted by molar-refractivity contribution is -0.123. The first kappa shape index (κ1) is 25.0. The summed E-state index contributed by atoms with van der Waals surface area (Å²) in [4.78, 5) is 41.4. The van der Waals surface area contributed by atoms with E-state index in [1.54, 1.807) is 74.7 Å². The molecule has 188 valence electrons. The van der Waals surface area contributed by atoms with Crippen LogP contribution < -0.4 is 15.0 Å². The average Bonchev–Trinajstić information content (AvgIpc) is 3.62. The number of furan rings is 1. The molecule has 8 nitrogen and oxygen atoms in total. The quantitative estimate of drug-likeness (QED) is 0.428. The zero-order chi connectivity index (χ0) is 25.5. The average molecular weight is 491 g/mol. The highest BCUT2D eigenvalue weighted by Crippen LogP contribution is 2.32. The topological polar surface area (TPSA) is 98.1 Å². The second-order valence-corrected chi connectivity index (χ2v) is 8.59. The van der Waals surface area contributed by atoms with Gasteiger partial charge in [-0.1, -0.05) is 31.0 Å². The summed E-state index contributed by atoms with van der Waals surface area (Å²) in [6.45, 7) is 1.94. The Labute approximate surface area is 210 Å². The van der Waals surface area contributed by atoms with Crippen LogP contribution in [0.2, 0.25) is 0 Å². The number of nitrogens with one attached hydrogen (secondary N) is 1. The summed E-state index contributed by atoms with van der Waals surface area (Å²) in [6.07, 6.45) is 5.29. The van der Waals surface area contributed by atoms with Crippen LogP contribution in [0.25, 0.3) is 0 Å². The number of carbonyl (C=O) groups is 3. The van der Waals surface area contributed by atoms with Gasteiger partial charge in [0.05, 0.1) is 25.5 Å². The Morgan fingerprint density at radius 1 is 1.06 bits per heavy atom. The van der Waals surface area contributed by atoms with E-state index in [0.29, 0.717) is 17.0 Å². The van der Waals surface area contributed by atoms with E-state index in [-0.39, 0.29) is 29.9 Å². The van der Waals surface area contributed by atoms with Crippen molar-refractivity contribution in [3.63, 3.8) is 0 Å². The van der Waals surface area contributed by atoms with Crippen LogP contribution in [0.1, 0.15) is 65.1 Å². The fourth-order valence-electron chi connectivity index (χ4n) is 4.45. The number of hydrogen-bond acceptors (Lipinski definition) is 6. The number of anilines is 1. The fourth-order valence-corrected chi connectivity index (χ4v) is 4.45. The van der Waals surface area contributed by atoms with Gasteiger partial charge in [-0.15, -0.1) is 0 Å². The molecule has 0 unspecified atom stereocenters. The van der Waals surface area contributed by atoms with Gasteiger partial charge in [-0.3, -0.25) is 14.5 Å². The van der Waals surface area contributed by atoms with E-state index in [4.69, 9.17) is 13.9 Å².